The number of thiocarbonyl (C=S) groups is 1. The first kappa shape index (κ1) is 15.1. The molecule has 0 aliphatic carbocycles. The lowest BCUT2D eigenvalue weighted by Gasteiger charge is -2.09. The molecule has 0 spiro atoms. The first-order valence-corrected chi connectivity index (χ1v) is 7.66. The van der Waals surface area contributed by atoms with Gasteiger partial charge in [-0.1, -0.05) is 18.2 Å². The highest BCUT2D eigenvalue weighted by molar-refractivity contribution is 7.80. The molecule has 3 N–H and O–H groups in total. The number of anilines is 3. The fourth-order valence-corrected chi connectivity index (χ4v) is 2.27. The molecular weight excluding hydrogens is 308 g/mol. The lowest BCUT2D eigenvalue weighted by atomic mass is 10.3. The zero-order chi connectivity index (χ0) is 16.1. The van der Waals surface area contributed by atoms with E-state index in [0.29, 0.717) is 22.4 Å². The van der Waals surface area contributed by atoms with E-state index in [1.54, 1.807) is 6.20 Å². The molecule has 0 fully saturated rings. The molecule has 0 aliphatic rings. The van der Waals surface area contributed by atoms with E-state index in [1.165, 1.54) is 0 Å². The van der Waals surface area contributed by atoms with Crippen LogP contribution in [0, 0.1) is 0 Å². The Morgan fingerprint density at radius 3 is 2.61 bits per heavy atom. The minimum absolute atomic E-state index is 0.514. The Labute approximate surface area is 139 Å². The minimum Gasteiger partial charge on any atom is -0.363 e. The highest BCUT2D eigenvalue weighted by atomic mass is 32.1. The van der Waals surface area contributed by atoms with Crippen LogP contribution in [0.2, 0.25) is 0 Å². The third-order valence-electron chi connectivity index (χ3n) is 3.03. The van der Waals surface area contributed by atoms with E-state index in [0.717, 1.165) is 17.7 Å². The number of pyridine rings is 1. The fourth-order valence-electron chi connectivity index (χ4n) is 2.02. The van der Waals surface area contributed by atoms with Gasteiger partial charge in [-0.25, -0.2) is 15.0 Å². The molecule has 3 rings (SSSR count). The SMILES string of the molecule is CCNC(=S)Nc1cnc2ccc(Nc3ccccc3)nc2n1. The molecule has 0 radical (unpaired) electrons. The molecule has 3 aromatic rings. The van der Waals surface area contributed by atoms with Gasteiger partial charge in [0.25, 0.3) is 0 Å². The van der Waals surface area contributed by atoms with Crippen LogP contribution < -0.4 is 16.0 Å². The van der Waals surface area contributed by atoms with Gasteiger partial charge < -0.3 is 16.0 Å². The summed E-state index contributed by atoms with van der Waals surface area (Å²) in [5.41, 5.74) is 2.24. The largest absolute Gasteiger partial charge is 0.363 e. The van der Waals surface area contributed by atoms with Crippen molar-refractivity contribution in [2.24, 2.45) is 0 Å². The lowest BCUT2D eigenvalue weighted by molar-refractivity contribution is 0.978. The summed E-state index contributed by atoms with van der Waals surface area (Å²) < 4.78 is 0. The summed E-state index contributed by atoms with van der Waals surface area (Å²) >= 11 is 5.15. The smallest absolute Gasteiger partial charge is 0.182 e. The summed E-state index contributed by atoms with van der Waals surface area (Å²) in [5, 5.41) is 9.75. The summed E-state index contributed by atoms with van der Waals surface area (Å²) in [5.74, 6) is 1.28. The molecule has 0 bridgehead atoms. The van der Waals surface area contributed by atoms with Crippen LogP contribution in [0.4, 0.5) is 17.3 Å². The normalized spacial score (nSPS) is 10.3. The number of nitrogens with one attached hydrogen (secondary N) is 3. The third-order valence-corrected chi connectivity index (χ3v) is 3.28. The molecule has 23 heavy (non-hydrogen) atoms. The number of para-hydroxylation sites is 1. The average molecular weight is 324 g/mol. The van der Waals surface area contributed by atoms with Crippen molar-refractivity contribution in [1.29, 1.82) is 0 Å². The average Bonchev–Trinajstić information content (AvgIpc) is 2.56. The number of hydrogen-bond donors (Lipinski definition) is 3. The van der Waals surface area contributed by atoms with Gasteiger partial charge >= 0.3 is 0 Å². The second-order valence-corrected chi connectivity index (χ2v) is 5.18. The minimum atomic E-state index is 0.514. The number of fused-ring (bicyclic) bond motifs is 1. The summed E-state index contributed by atoms with van der Waals surface area (Å²) in [6.45, 7) is 2.72. The molecule has 0 atom stereocenters. The van der Waals surface area contributed by atoms with Gasteiger partial charge in [-0.3, -0.25) is 0 Å². The van der Waals surface area contributed by atoms with Crippen molar-refractivity contribution in [3.8, 4) is 0 Å². The van der Waals surface area contributed by atoms with Crippen LogP contribution in [0.5, 0.6) is 0 Å². The second kappa shape index (κ2) is 6.97. The fraction of sp³-hybridized carbons (Fsp3) is 0.125. The van der Waals surface area contributed by atoms with Crippen molar-refractivity contribution in [3.63, 3.8) is 0 Å². The Bertz CT molecular complexity index is 821. The summed E-state index contributed by atoms with van der Waals surface area (Å²) in [4.78, 5) is 13.3. The monoisotopic (exact) mass is 324 g/mol. The first-order valence-electron chi connectivity index (χ1n) is 7.25. The van der Waals surface area contributed by atoms with E-state index in [4.69, 9.17) is 12.2 Å². The van der Waals surface area contributed by atoms with Crippen LogP contribution in [0.15, 0.2) is 48.7 Å². The molecule has 0 saturated carbocycles. The van der Waals surface area contributed by atoms with Crippen LogP contribution in [0.1, 0.15) is 6.92 Å². The lowest BCUT2D eigenvalue weighted by Crippen LogP contribution is -2.28. The quantitative estimate of drug-likeness (QED) is 0.637. The van der Waals surface area contributed by atoms with Crippen LogP contribution in [0.25, 0.3) is 11.2 Å². The van der Waals surface area contributed by atoms with Crippen LogP contribution >= 0.6 is 12.2 Å². The van der Waals surface area contributed by atoms with E-state index in [-0.39, 0.29) is 0 Å². The van der Waals surface area contributed by atoms with Gasteiger partial charge in [0.15, 0.2) is 16.6 Å². The van der Waals surface area contributed by atoms with Gasteiger partial charge in [0.05, 0.1) is 6.20 Å². The first-order chi connectivity index (χ1) is 11.2. The van der Waals surface area contributed by atoms with Gasteiger partial charge in [0, 0.05) is 12.2 Å². The molecule has 0 unspecified atom stereocenters. The van der Waals surface area contributed by atoms with Crippen LogP contribution in [-0.4, -0.2) is 26.6 Å². The third kappa shape index (κ3) is 3.89. The number of rotatable bonds is 4. The van der Waals surface area contributed by atoms with Crippen LogP contribution in [-0.2, 0) is 0 Å². The van der Waals surface area contributed by atoms with Gasteiger partial charge in [-0.15, -0.1) is 0 Å². The topological polar surface area (TPSA) is 74.8 Å². The molecule has 0 saturated heterocycles. The Morgan fingerprint density at radius 2 is 1.83 bits per heavy atom. The molecule has 116 valence electrons. The van der Waals surface area contributed by atoms with Crippen LogP contribution in [0.3, 0.4) is 0 Å². The molecule has 6 nitrogen and oxygen atoms in total. The van der Waals surface area contributed by atoms with E-state index >= 15 is 0 Å². The number of nitrogens with zero attached hydrogens (tertiary/aromatic N) is 3. The maximum Gasteiger partial charge on any atom is 0.182 e. The van der Waals surface area contributed by atoms with Crippen molar-refractivity contribution in [3.05, 3.63) is 48.7 Å². The van der Waals surface area contributed by atoms with E-state index in [1.807, 2.05) is 49.4 Å². The van der Waals surface area contributed by atoms with Gasteiger partial charge in [0.1, 0.15) is 11.3 Å². The number of hydrogen-bond acceptors (Lipinski definition) is 5. The molecule has 0 amide bonds. The Hall–Kier alpha value is -2.80. The van der Waals surface area contributed by atoms with Gasteiger partial charge in [-0.2, -0.15) is 0 Å². The zero-order valence-electron chi connectivity index (χ0n) is 12.6. The van der Waals surface area contributed by atoms with E-state index in [9.17, 15) is 0 Å². The molecule has 1 aromatic carbocycles. The predicted molar refractivity (Wildman–Crippen MR) is 97.0 cm³/mol. The molecule has 2 heterocycles. The highest BCUT2D eigenvalue weighted by Gasteiger charge is 2.04. The summed E-state index contributed by atoms with van der Waals surface area (Å²) in [7, 11) is 0. The van der Waals surface area contributed by atoms with E-state index in [2.05, 4.69) is 30.9 Å². The molecule has 2 aromatic heterocycles. The Balaban J connectivity index is 1.84. The molecule has 7 heteroatoms. The maximum absolute atomic E-state index is 5.15. The summed E-state index contributed by atoms with van der Waals surface area (Å²) in [6.07, 6.45) is 1.64. The van der Waals surface area contributed by atoms with Crippen molar-refractivity contribution >= 4 is 45.8 Å². The van der Waals surface area contributed by atoms with Crippen molar-refractivity contribution in [2.75, 3.05) is 17.2 Å². The second-order valence-electron chi connectivity index (χ2n) is 4.77. The Kier molecular flexibility index (Phi) is 4.58. The number of aromatic nitrogens is 3. The Morgan fingerprint density at radius 1 is 1.04 bits per heavy atom. The standard InChI is InChI=1S/C16H16N6S/c1-2-17-16(23)22-14-10-18-12-8-9-13(20-15(12)21-14)19-11-6-4-3-5-7-11/h3-10H,2H2,1H3,(H3,17,19,20,21,22,23). The summed E-state index contributed by atoms with van der Waals surface area (Å²) in [6, 6.07) is 13.6. The number of benzene rings is 1. The molecular formula is C16H16N6S. The van der Waals surface area contributed by atoms with Crippen molar-refractivity contribution < 1.29 is 0 Å². The van der Waals surface area contributed by atoms with Gasteiger partial charge in [0.2, 0.25) is 0 Å². The highest BCUT2D eigenvalue weighted by Crippen LogP contribution is 2.17. The van der Waals surface area contributed by atoms with Crippen molar-refractivity contribution in [1.82, 2.24) is 20.3 Å². The van der Waals surface area contributed by atoms with E-state index < -0.39 is 0 Å². The molecule has 0 aliphatic heterocycles. The van der Waals surface area contributed by atoms with Gasteiger partial charge in [-0.05, 0) is 43.4 Å². The van der Waals surface area contributed by atoms with Crippen molar-refractivity contribution in [2.45, 2.75) is 6.92 Å². The predicted octanol–water partition coefficient (Wildman–Crippen LogP) is 3.07. The zero-order valence-corrected chi connectivity index (χ0v) is 13.4. The maximum atomic E-state index is 5.15.